The number of nitrogens with one attached hydrogen (secondary N) is 1. The SMILES string of the molecule is O=C(NCCC(F)(F)F)c1ccc(CBr)cc1. The van der Waals surface area contributed by atoms with Gasteiger partial charge in [-0.3, -0.25) is 4.79 Å². The van der Waals surface area contributed by atoms with Gasteiger partial charge >= 0.3 is 6.18 Å². The van der Waals surface area contributed by atoms with Gasteiger partial charge in [0.25, 0.3) is 5.91 Å². The van der Waals surface area contributed by atoms with Gasteiger partial charge in [-0.1, -0.05) is 28.1 Å². The molecule has 0 aromatic heterocycles. The van der Waals surface area contributed by atoms with Crippen molar-refractivity contribution in [3.63, 3.8) is 0 Å². The van der Waals surface area contributed by atoms with E-state index in [0.717, 1.165) is 5.56 Å². The molecule has 0 unspecified atom stereocenters. The largest absolute Gasteiger partial charge is 0.390 e. The minimum atomic E-state index is -4.24. The molecule has 1 aromatic rings. The molecule has 0 heterocycles. The maximum Gasteiger partial charge on any atom is 0.390 e. The van der Waals surface area contributed by atoms with E-state index in [-0.39, 0.29) is 0 Å². The van der Waals surface area contributed by atoms with E-state index in [1.165, 1.54) is 0 Å². The number of amides is 1. The molecule has 0 aliphatic heterocycles. The lowest BCUT2D eigenvalue weighted by atomic mass is 10.1. The minimum absolute atomic E-state index is 0.358. The van der Waals surface area contributed by atoms with Gasteiger partial charge < -0.3 is 5.32 Å². The van der Waals surface area contributed by atoms with Crippen LogP contribution in [0.5, 0.6) is 0 Å². The van der Waals surface area contributed by atoms with Crippen LogP contribution in [0.1, 0.15) is 22.3 Å². The Balaban J connectivity index is 2.47. The highest BCUT2D eigenvalue weighted by Crippen LogP contribution is 2.18. The number of halogens is 4. The third-order valence-electron chi connectivity index (χ3n) is 2.06. The topological polar surface area (TPSA) is 29.1 Å². The zero-order valence-electron chi connectivity index (χ0n) is 8.85. The summed E-state index contributed by atoms with van der Waals surface area (Å²) < 4.78 is 35.6. The van der Waals surface area contributed by atoms with Crippen LogP contribution >= 0.6 is 15.9 Å². The number of carbonyl (C=O) groups excluding carboxylic acids is 1. The molecule has 0 bridgehead atoms. The van der Waals surface area contributed by atoms with Crippen molar-refractivity contribution in [2.45, 2.75) is 17.9 Å². The zero-order valence-corrected chi connectivity index (χ0v) is 10.4. The highest BCUT2D eigenvalue weighted by atomic mass is 79.9. The predicted molar refractivity (Wildman–Crippen MR) is 62.1 cm³/mol. The smallest absolute Gasteiger partial charge is 0.352 e. The van der Waals surface area contributed by atoms with Gasteiger partial charge in [-0.25, -0.2) is 0 Å². The molecular weight excluding hydrogens is 299 g/mol. The second-order valence-electron chi connectivity index (χ2n) is 3.45. The highest BCUT2D eigenvalue weighted by Gasteiger charge is 2.26. The van der Waals surface area contributed by atoms with E-state index in [1.54, 1.807) is 24.3 Å². The minimum Gasteiger partial charge on any atom is -0.352 e. The first-order valence-electron chi connectivity index (χ1n) is 4.92. The van der Waals surface area contributed by atoms with Crippen molar-refractivity contribution in [2.24, 2.45) is 0 Å². The fourth-order valence-electron chi connectivity index (χ4n) is 1.17. The molecule has 2 nitrogen and oxygen atoms in total. The van der Waals surface area contributed by atoms with E-state index in [1.807, 2.05) is 0 Å². The zero-order chi connectivity index (χ0) is 12.9. The van der Waals surface area contributed by atoms with Gasteiger partial charge in [0.05, 0.1) is 6.42 Å². The second-order valence-corrected chi connectivity index (χ2v) is 4.01. The Hall–Kier alpha value is -1.04. The number of rotatable bonds is 4. The summed E-state index contributed by atoms with van der Waals surface area (Å²) in [5.74, 6) is -0.490. The molecule has 0 spiro atoms. The Kier molecular flexibility index (Phi) is 4.99. The standard InChI is InChI=1S/C11H11BrF3NO/c12-7-8-1-3-9(4-2-8)10(17)16-6-5-11(13,14)15/h1-4H,5-7H2,(H,16,17). The van der Waals surface area contributed by atoms with Crippen LogP contribution in [0.25, 0.3) is 0 Å². The van der Waals surface area contributed by atoms with Crippen LogP contribution in [-0.4, -0.2) is 18.6 Å². The molecule has 0 fully saturated rings. The molecule has 1 aromatic carbocycles. The number of hydrogen-bond donors (Lipinski definition) is 1. The molecule has 0 atom stereocenters. The summed E-state index contributed by atoms with van der Waals surface area (Å²) in [7, 11) is 0. The Morgan fingerprint density at radius 2 is 1.82 bits per heavy atom. The molecular formula is C11H11BrF3NO. The Morgan fingerprint density at radius 1 is 1.24 bits per heavy atom. The lowest BCUT2D eigenvalue weighted by molar-refractivity contribution is -0.132. The van der Waals surface area contributed by atoms with Crippen LogP contribution in [0, 0.1) is 0 Å². The Bertz CT molecular complexity index is 375. The normalized spacial score (nSPS) is 11.3. The predicted octanol–water partition coefficient (Wildman–Crippen LogP) is 3.26. The van der Waals surface area contributed by atoms with Gasteiger partial charge in [-0.05, 0) is 17.7 Å². The fourth-order valence-corrected chi connectivity index (χ4v) is 1.54. The molecule has 1 rings (SSSR count). The van der Waals surface area contributed by atoms with Gasteiger partial charge in [0.2, 0.25) is 0 Å². The third-order valence-corrected chi connectivity index (χ3v) is 2.71. The summed E-state index contributed by atoms with van der Waals surface area (Å²) in [5.41, 5.74) is 1.36. The maximum atomic E-state index is 11.9. The van der Waals surface area contributed by atoms with E-state index in [9.17, 15) is 18.0 Å². The maximum absolute atomic E-state index is 11.9. The van der Waals surface area contributed by atoms with E-state index >= 15 is 0 Å². The van der Waals surface area contributed by atoms with Crippen molar-refractivity contribution < 1.29 is 18.0 Å². The van der Waals surface area contributed by atoms with Crippen LogP contribution in [0.3, 0.4) is 0 Å². The Labute approximate surface area is 105 Å². The monoisotopic (exact) mass is 309 g/mol. The average molecular weight is 310 g/mol. The summed E-state index contributed by atoms with van der Waals surface area (Å²) in [6.07, 6.45) is -5.26. The summed E-state index contributed by atoms with van der Waals surface area (Å²) in [5, 5.41) is 2.89. The van der Waals surface area contributed by atoms with Gasteiger partial charge in [0.1, 0.15) is 0 Å². The highest BCUT2D eigenvalue weighted by molar-refractivity contribution is 9.08. The molecule has 0 aliphatic rings. The van der Waals surface area contributed by atoms with E-state index in [2.05, 4.69) is 21.2 Å². The van der Waals surface area contributed by atoms with Crippen molar-refractivity contribution in [1.82, 2.24) is 5.32 Å². The summed E-state index contributed by atoms with van der Waals surface area (Å²) in [6.45, 7) is -0.400. The molecule has 1 N–H and O–H groups in total. The van der Waals surface area contributed by atoms with Crippen LogP contribution in [-0.2, 0) is 5.33 Å². The fraction of sp³-hybridized carbons (Fsp3) is 0.364. The number of hydrogen-bond acceptors (Lipinski definition) is 1. The molecule has 0 aliphatic carbocycles. The van der Waals surface area contributed by atoms with E-state index in [0.29, 0.717) is 10.9 Å². The first-order chi connectivity index (χ1) is 7.92. The van der Waals surface area contributed by atoms with Crippen LogP contribution in [0.15, 0.2) is 24.3 Å². The van der Waals surface area contributed by atoms with E-state index in [4.69, 9.17) is 0 Å². The van der Waals surface area contributed by atoms with Gasteiger partial charge in [0, 0.05) is 17.4 Å². The molecule has 0 saturated carbocycles. The van der Waals surface area contributed by atoms with Crippen molar-refractivity contribution in [1.29, 1.82) is 0 Å². The van der Waals surface area contributed by atoms with Gasteiger partial charge in [0.15, 0.2) is 0 Å². The number of benzene rings is 1. The summed E-state index contributed by atoms with van der Waals surface area (Å²) in [6, 6.07) is 6.65. The number of alkyl halides is 4. The van der Waals surface area contributed by atoms with E-state index < -0.39 is 25.0 Å². The lowest BCUT2D eigenvalue weighted by Crippen LogP contribution is -2.27. The average Bonchev–Trinajstić information content (AvgIpc) is 2.27. The molecule has 1 amide bonds. The second kappa shape index (κ2) is 6.05. The third kappa shape index (κ3) is 5.21. The molecule has 0 radical (unpaired) electrons. The van der Waals surface area contributed by atoms with Crippen molar-refractivity contribution in [2.75, 3.05) is 6.54 Å². The lowest BCUT2D eigenvalue weighted by Gasteiger charge is -2.08. The quantitative estimate of drug-likeness (QED) is 0.850. The molecule has 94 valence electrons. The summed E-state index contributed by atoms with van der Waals surface area (Å²) >= 11 is 3.26. The molecule has 0 saturated heterocycles. The van der Waals surface area contributed by atoms with Crippen molar-refractivity contribution in [3.05, 3.63) is 35.4 Å². The van der Waals surface area contributed by atoms with Gasteiger partial charge in [-0.2, -0.15) is 13.2 Å². The molecule has 17 heavy (non-hydrogen) atoms. The Morgan fingerprint density at radius 3 is 2.29 bits per heavy atom. The first-order valence-corrected chi connectivity index (χ1v) is 6.04. The van der Waals surface area contributed by atoms with Crippen LogP contribution in [0.4, 0.5) is 13.2 Å². The van der Waals surface area contributed by atoms with Crippen LogP contribution < -0.4 is 5.32 Å². The van der Waals surface area contributed by atoms with Crippen molar-refractivity contribution in [3.8, 4) is 0 Å². The molecule has 6 heteroatoms. The van der Waals surface area contributed by atoms with Gasteiger partial charge in [-0.15, -0.1) is 0 Å². The van der Waals surface area contributed by atoms with Crippen molar-refractivity contribution >= 4 is 21.8 Å². The van der Waals surface area contributed by atoms with Crippen LogP contribution in [0.2, 0.25) is 0 Å². The number of carbonyl (C=O) groups is 1. The summed E-state index contributed by atoms with van der Waals surface area (Å²) in [4.78, 5) is 11.4. The first kappa shape index (κ1) is 14.0.